The van der Waals surface area contributed by atoms with Crippen molar-refractivity contribution in [3.63, 3.8) is 0 Å². The Kier molecular flexibility index (Phi) is 5.76. The van der Waals surface area contributed by atoms with Crippen molar-refractivity contribution in [2.24, 2.45) is 0 Å². The van der Waals surface area contributed by atoms with Crippen LogP contribution in [0.5, 0.6) is 0 Å². The molecule has 2 aliphatic rings. The third-order valence-corrected chi connectivity index (χ3v) is 4.39. The van der Waals surface area contributed by atoms with Gasteiger partial charge in [0, 0.05) is 24.7 Å². The van der Waals surface area contributed by atoms with Crippen LogP contribution in [-0.2, 0) is 14.3 Å². The number of anilines is 1. The SMILES string of the molecule is O=C(Nc1cc(F)cc(F)c1)C1CCCCN1CCC1OCCO1. The largest absolute Gasteiger partial charge is 0.350 e. The molecule has 0 radical (unpaired) electrons. The molecular weight excluding hydrogens is 318 g/mol. The number of nitrogens with one attached hydrogen (secondary N) is 1. The number of ether oxygens (including phenoxy) is 2. The van der Waals surface area contributed by atoms with Gasteiger partial charge in [-0.3, -0.25) is 9.69 Å². The molecule has 0 bridgehead atoms. The molecule has 2 fully saturated rings. The number of nitrogens with zero attached hydrogens (tertiary/aromatic N) is 1. The quantitative estimate of drug-likeness (QED) is 0.895. The van der Waals surface area contributed by atoms with Crippen molar-refractivity contribution in [3.8, 4) is 0 Å². The second-order valence-electron chi connectivity index (χ2n) is 6.15. The molecule has 132 valence electrons. The third-order valence-electron chi connectivity index (χ3n) is 4.39. The Morgan fingerprint density at radius 1 is 1.17 bits per heavy atom. The number of carbonyl (C=O) groups is 1. The number of hydrogen-bond donors (Lipinski definition) is 1. The molecule has 1 atom stereocenters. The Hall–Kier alpha value is -1.57. The lowest BCUT2D eigenvalue weighted by Crippen LogP contribution is -2.48. The molecule has 3 rings (SSSR count). The Balaban J connectivity index is 1.59. The molecule has 0 aromatic heterocycles. The van der Waals surface area contributed by atoms with Crippen molar-refractivity contribution in [2.45, 2.75) is 38.0 Å². The molecule has 2 aliphatic heterocycles. The molecule has 0 saturated carbocycles. The highest BCUT2D eigenvalue weighted by Crippen LogP contribution is 2.21. The molecule has 1 amide bonds. The van der Waals surface area contributed by atoms with Crippen LogP contribution in [0, 0.1) is 11.6 Å². The number of halogens is 2. The third kappa shape index (κ3) is 4.49. The van der Waals surface area contributed by atoms with Crippen LogP contribution in [0.3, 0.4) is 0 Å². The highest BCUT2D eigenvalue weighted by Gasteiger charge is 2.29. The van der Waals surface area contributed by atoms with E-state index in [0.717, 1.165) is 44.0 Å². The summed E-state index contributed by atoms with van der Waals surface area (Å²) in [5.74, 6) is -1.64. The van der Waals surface area contributed by atoms with Crippen LogP contribution in [-0.4, -0.2) is 49.4 Å². The standard InChI is InChI=1S/C17H22F2N2O3/c18-12-9-13(19)11-14(10-12)20-17(22)15-3-1-2-5-21(15)6-4-16-23-7-8-24-16/h9-11,15-16H,1-8H2,(H,20,22). The molecule has 1 aromatic rings. The molecule has 7 heteroatoms. The second-order valence-corrected chi connectivity index (χ2v) is 6.15. The predicted molar refractivity (Wildman–Crippen MR) is 84.5 cm³/mol. The topological polar surface area (TPSA) is 50.8 Å². The molecule has 1 unspecified atom stereocenters. The molecule has 1 N–H and O–H groups in total. The van der Waals surface area contributed by atoms with E-state index in [9.17, 15) is 13.6 Å². The first kappa shape index (κ1) is 17.3. The lowest BCUT2D eigenvalue weighted by molar-refractivity contribution is -0.123. The van der Waals surface area contributed by atoms with Crippen LogP contribution in [0.4, 0.5) is 14.5 Å². The number of rotatable bonds is 5. The fraction of sp³-hybridized carbons (Fsp3) is 0.588. The minimum Gasteiger partial charge on any atom is -0.350 e. The van der Waals surface area contributed by atoms with E-state index in [-0.39, 0.29) is 23.9 Å². The van der Waals surface area contributed by atoms with Crippen LogP contribution >= 0.6 is 0 Å². The summed E-state index contributed by atoms with van der Waals surface area (Å²) in [6, 6.07) is 2.72. The van der Waals surface area contributed by atoms with Crippen molar-refractivity contribution >= 4 is 11.6 Å². The summed E-state index contributed by atoms with van der Waals surface area (Å²) >= 11 is 0. The van der Waals surface area contributed by atoms with Gasteiger partial charge < -0.3 is 14.8 Å². The van der Waals surface area contributed by atoms with E-state index in [4.69, 9.17) is 9.47 Å². The highest BCUT2D eigenvalue weighted by molar-refractivity contribution is 5.94. The van der Waals surface area contributed by atoms with Gasteiger partial charge in [-0.15, -0.1) is 0 Å². The molecule has 1 aromatic carbocycles. The van der Waals surface area contributed by atoms with E-state index < -0.39 is 11.6 Å². The van der Waals surface area contributed by atoms with Crippen LogP contribution in [0.1, 0.15) is 25.7 Å². The van der Waals surface area contributed by atoms with Gasteiger partial charge in [-0.2, -0.15) is 0 Å². The van der Waals surface area contributed by atoms with E-state index in [1.54, 1.807) is 0 Å². The van der Waals surface area contributed by atoms with Gasteiger partial charge in [0.2, 0.25) is 5.91 Å². The fourth-order valence-corrected chi connectivity index (χ4v) is 3.25. The van der Waals surface area contributed by atoms with Gasteiger partial charge in [0.15, 0.2) is 6.29 Å². The zero-order chi connectivity index (χ0) is 16.9. The summed E-state index contributed by atoms with van der Waals surface area (Å²) in [6.07, 6.45) is 3.23. The smallest absolute Gasteiger partial charge is 0.241 e. The van der Waals surface area contributed by atoms with E-state index in [0.29, 0.717) is 26.2 Å². The first-order valence-corrected chi connectivity index (χ1v) is 8.36. The zero-order valence-electron chi connectivity index (χ0n) is 13.5. The van der Waals surface area contributed by atoms with Crippen molar-refractivity contribution < 1.29 is 23.0 Å². The number of carbonyl (C=O) groups excluding carboxylic acids is 1. The normalized spacial score (nSPS) is 22.7. The summed E-state index contributed by atoms with van der Waals surface area (Å²) < 4.78 is 37.4. The molecule has 0 spiro atoms. The van der Waals surface area contributed by atoms with E-state index in [1.807, 2.05) is 0 Å². The number of hydrogen-bond acceptors (Lipinski definition) is 4. The van der Waals surface area contributed by atoms with Gasteiger partial charge in [0.25, 0.3) is 0 Å². The number of piperidine rings is 1. The van der Waals surface area contributed by atoms with Crippen molar-refractivity contribution in [3.05, 3.63) is 29.8 Å². The Labute approximate surface area is 139 Å². The van der Waals surface area contributed by atoms with Crippen LogP contribution in [0.25, 0.3) is 0 Å². The number of benzene rings is 1. The van der Waals surface area contributed by atoms with Gasteiger partial charge in [-0.1, -0.05) is 6.42 Å². The van der Waals surface area contributed by atoms with Crippen LogP contribution in [0.15, 0.2) is 18.2 Å². The summed E-state index contributed by atoms with van der Waals surface area (Å²) in [7, 11) is 0. The number of amides is 1. The van der Waals surface area contributed by atoms with E-state index in [1.165, 1.54) is 0 Å². The molecule has 0 aliphatic carbocycles. The molecule has 2 heterocycles. The lowest BCUT2D eigenvalue weighted by Gasteiger charge is -2.35. The maximum absolute atomic E-state index is 13.3. The molecule has 2 saturated heterocycles. The maximum Gasteiger partial charge on any atom is 0.241 e. The monoisotopic (exact) mass is 340 g/mol. The van der Waals surface area contributed by atoms with Crippen LogP contribution < -0.4 is 5.32 Å². The van der Waals surface area contributed by atoms with Crippen molar-refractivity contribution in [1.82, 2.24) is 4.90 Å². The van der Waals surface area contributed by atoms with Gasteiger partial charge in [-0.05, 0) is 31.5 Å². The molecule has 5 nitrogen and oxygen atoms in total. The molecular formula is C17H22F2N2O3. The van der Waals surface area contributed by atoms with Gasteiger partial charge in [-0.25, -0.2) is 8.78 Å². The minimum absolute atomic E-state index is 0.144. The Bertz CT molecular complexity index is 559. The maximum atomic E-state index is 13.3. The summed E-state index contributed by atoms with van der Waals surface area (Å²) in [6.45, 7) is 2.74. The van der Waals surface area contributed by atoms with E-state index >= 15 is 0 Å². The first-order valence-electron chi connectivity index (χ1n) is 8.36. The molecule has 24 heavy (non-hydrogen) atoms. The lowest BCUT2D eigenvalue weighted by atomic mass is 10.0. The van der Waals surface area contributed by atoms with Crippen molar-refractivity contribution in [2.75, 3.05) is 31.6 Å². The van der Waals surface area contributed by atoms with Crippen LogP contribution in [0.2, 0.25) is 0 Å². The average Bonchev–Trinajstić information content (AvgIpc) is 3.05. The highest BCUT2D eigenvalue weighted by atomic mass is 19.1. The van der Waals surface area contributed by atoms with E-state index in [2.05, 4.69) is 10.2 Å². The summed E-state index contributed by atoms with van der Waals surface area (Å²) in [4.78, 5) is 14.6. The minimum atomic E-state index is -0.707. The van der Waals surface area contributed by atoms with Crippen molar-refractivity contribution in [1.29, 1.82) is 0 Å². The second kappa shape index (κ2) is 8.00. The Morgan fingerprint density at radius 2 is 1.88 bits per heavy atom. The zero-order valence-corrected chi connectivity index (χ0v) is 13.5. The predicted octanol–water partition coefficient (Wildman–Crippen LogP) is 2.52. The number of likely N-dealkylation sites (tertiary alicyclic amines) is 1. The average molecular weight is 340 g/mol. The van der Waals surface area contributed by atoms with Gasteiger partial charge in [0.05, 0.1) is 19.3 Å². The summed E-state index contributed by atoms with van der Waals surface area (Å²) in [5, 5.41) is 2.63. The summed E-state index contributed by atoms with van der Waals surface area (Å²) in [5.41, 5.74) is 0.144. The fourth-order valence-electron chi connectivity index (χ4n) is 3.25. The first-order chi connectivity index (χ1) is 11.6. The van der Waals surface area contributed by atoms with Gasteiger partial charge >= 0.3 is 0 Å². The van der Waals surface area contributed by atoms with Gasteiger partial charge in [0.1, 0.15) is 11.6 Å². The Morgan fingerprint density at radius 3 is 2.58 bits per heavy atom.